The number of hydrogen-bond acceptors (Lipinski definition) is 5. The van der Waals surface area contributed by atoms with Crippen LogP contribution < -0.4 is 9.47 Å². The fourth-order valence-electron chi connectivity index (χ4n) is 4.48. The lowest BCUT2D eigenvalue weighted by Crippen LogP contribution is -2.47. The van der Waals surface area contributed by atoms with Crippen LogP contribution in [0, 0.1) is 0 Å². The molecule has 0 spiro atoms. The Labute approximate surface area is 195 Å². The summed E-state index contributed by atoms with van der Waals surface area (Å²) in [5.41, 5.74) is 3.36. The Morgan fingerprint density at radius 1 is 0.970 bits per heavy atom. The van der Waals surface area contributed by atoms with E-state index in [0.29, 0.717) is 32.5 Å². The first kappa shape index (κ1) is 23.1. The van der Waals surface area contributed by atoms with Crippen molar-refractivity contribution in [2.75, 3.05) is 46.4 Å². The molecule has 2 amide bonds. The zero-order chi connectivity index (χ0) is 23.2. The Bertz CT molecular complexity index is 985. The standard InChI is InChI=1S/C26H33N3O4/c1-20(30)28-12-10-27(11-13-28)18-22-6-8-25-23(16-22)19-29(14-15-33-25)26(31)9-7-21-4-3-5-24(17-21)32-2/h3-6,8,16-17H,7,9-15,18-19H2,1-2H3. The number of amides is 2. The maximum absolute atomic E-state index is 13.0. The van der Waals surface area contributed by atoms with E-state index in [-0.39, 0.29) is 11.8 Å². The minimum Gasteiger partial charge on any atom is -0.497 e. The predicted molar refractivity (Wildman–Crippen MR) is 126 cm³/mol. The normalized spacial score (nSPS) is 16.5. The van der Waals surface area contributed by atoms with E-state index >= 15 is 0 Å². The second-order valence-corrected chi connectivity index (χ2v) is 8.74. The highest BCUT2D eigenvalue weighted by Crippen LogP contribution is 2.26. The molecule has 0 radical (unpaired) electrons. The molecule has 2 aliphatic heterocycles. The highest BCUT2D eigenvalue weighted by molar-refractivity contribution is 5.76. The van der Waals surface area contributed by atoms with E-state index in [1.165, 1.54) is 5.56 Å². The van der Waals surface area contributed by atoms with Crippen molar-refractivity contribution < 1.29 is 19.1 Å². The third-order valence-electron chi connectivity index (χ3n) is 6.44. The van der Waals surface area contributed by atoms with Gasteiger partial charge in [0.25, 0.3) is 0 Å². The number of piperazine rings is 1. The summed E-state index contributed by atoms with van der Waals surface area (Å²) in [6.07, 6.45) is 1.15. The third-order valence-corrected chi connectivity index (χ3v) is 6.44. The molecule has 0 saturated carbocycles. The quantitative estimate of drug-likeness (QED) is 0.676. The van der Waals surface area contributed by atoms with Crippen LogP contribution in [0.5, 0.6) is 11.5 Å². The van der Waals surface area contributed by atoms with Crippen molar-refractivity contribution in [3.63, 3.8) is 0 Å². The van der Waals surface area contributed by atoms with E-state index in [2.05, 4.69) is 17.0 Å². The van der Waals surface area contributed by atoms with Crippen LogP contribution in [0.15, 0.2) is 42.5 Å². The van der Waals surface area contributed by atoms with Gasteiger partial charge in [0.15, 0.2) is 0 Å². The number of rotatable bonds is 6. The van der Waals surface area contributed by atoms with Crippen LogP contribution in [0.2, 0.25) is 0 Å². The fraction of sp³-hybridized carbons (Fsp3) is 0.462. The summed E-state index contributed by atoms with van der Waals surface area (Å²) in [6, 6.07) is 14.2. The van der Waals surface area contributed by atoms with Crippen LogP contribution in [-0.2, 0) is 29.1 Å². The Hall–Kier alpha value is -3.06. The highest BCUT2D eigenvalue weighted by atomic mass is 16.5. The number of benzene rings is 2. The minimum atomic E-state index is 0.139. The lowest BCUT2D eigenvalue weighted by Gasteiger charge is -2.34. The van der Waals surface area contributed by atoms with E-state index in [1.807, 2.05) is 40.1 Å². The summed E-state index contributed by atoms with van der Waals surface area (Å²) in [6.45, 7) is 7.44. The number of hydrogen-bond donors (Lipinski definition) is 0. The van der Waals surface area contributed by atoms with Crippen LogP contribution in [-0.4, -0.2) is 73.0 Å². The second-order valence-electron chi connectivity index (χ2n) is 8.74. The smallest absolute Gasteiger partial charge is 0.223 e. The first-order valence-corrected chi connectivity index (χ1v) is 11.6. The molecular weight excluding hydrogens is 418 g/mol. The molecule has 0 N–H and O–H groups in total. The minimum absolute atomic E-state index is 0.139. The van der Waals surface area contributed by atoms with Gasteiger partial charge in [0, 0.05) is 58.2 Å². The van der Waals surface area contributed by atoms with Gasteiger partial charge in [-0.25, -0.2) is 0 Å². The monoisotopic (exact) mass is 451 g/mol. The van der Waals surface area contributed by atoms with E-state index in [0.717, 1.165) is 55.3 Å². The Kier molecular flexibility index (Phi) is 7.50. The van der Waals surface area contributed by atoms with E-state index in [1.54, 1.807) is 14.0 Å². The van der Waals surface area contributed by atoms with Gasteiger partial charge in [-0.1, -0.05) is 18.2 Å². The number of methoxy groups -OCH3 is 1. The summed E-state index contributed by atoms with van der Waals surface area (Å²) in [5, 5.41) is 0. The first-order valence-electron chi connectivity index (χ1n) is 11.6. The molecule has 4 rings (SSSR count). The van der Waals surface area contributed by atoms with E-state index in [4.69, 9.17) is 9.47 Å². The molecule has 2 aliphatic rings. The summed E-state index contributed by atoms with van der Waals surface area (Å²) < 4.78 is 11.2. The number of aryl methyl sites for hydroxylation is 1. The highest BCUT2D eigenvalue weighted by Gasteiger charge is 2.22. The lowest BCUT2D eigenvalue weighted by atomic mass is 10.1. The lowest BCUT2D eigenvalue weighted by molar-refractivity contribution is -0.132. The van der Waals surface area contributed by atoms with Crippen molar-refractivity contribution >= 4 is 11.8 Å². The number of fused-ring (bicyclic) bond motifs is 1. The number of carbonyl (C=O) groups excluding carboxylic acids is 2. The number of ether oxygens (including phenoxy) is 2. The molecule has 0 aliphatic carbocycles. The zero-order valence-corrected chi connectivity index (χ0v) is 19.6. The first-order chi connectivity index (χ1) is 16.0. The zero-order valence-electron chi connectivity index (χ0n) is 19.6. The van der Waals surface area contributed by atoms with Gasteiger partial charge in [-0.3, -0.25) is 14.5 Å². The molecule has 2 heterocycles. The SMILES string of the molecule is COc1cccc(CCC(=O)N2CCOc3ccc(CN4CCN(C(C)=O)CC4)cc3C2)c1. The molecule has 33 heavy (non-hydrogen) atoms. The van der Waals surface area contributed by atoms with Gasteiger partial charge in [-0.15, -0.1) is 0 Å². The average Bonchev–Trinajstić information content (AvgIpc) is 3.05. The molecule has 0 atom stereocenters. The van der Waals surface area contributed by atoms with Crippen LogP contribution in [0.1, 0.15) is 30.0 Å². The molecule has 2 aromatic rings. The molecular formula is C26H33N3O4. The summed E-state index contributed by atoms with van der Waals surface area (Å²) in [7, 11) is 1.65. The van der Waals surface area contributed by atoms with Crippen LogP contribution in [0.3, 0.4) is 0 Å². The predicted octanol–water partition coefficient (Wildman–Crippen LogP) is 2.71. The third kappa shape index (κ3) is 6.05. The second kappa shape index (κ2) is 10.7. The van der Waals surface area contributed by atoms with Gasteiger partial charge in [-0.05, 0) is 41.8 Å². The summed E-state index contributed by atoms with van der Waals surface area (Å²) >= 11 is 0. The number of carbonyl (C=O) groups is 2. The maximum atomic E-state index is 13.0. The van der Waals surface area contributed by atoms with E-state index < -0.39 is 0 Å². The van der Waals surface area contributed by atoms with Crippen molar-refractivity contribution in [2.24, 2.45) is 0 Å². The van der Waals surface area contributed by atoms with Crippen molar-refractivity contribution in [3.05, 3.63) is 59.2 Å². The van der Waals surface area contributed by atoms with Gasteiger partial charge < -0.3 is 19.3 Å². The largest absolute Gasteiger partial charge is 0.497 e. The van der Waals surface area contributed by atoms with Gasteiger partial charge in [0.05, 0.1) is 13.7 Å². The van der Waals surface area contributed by atoms with Crippen molar-refractivity contribution in [3.8, 4) is 11.5 Å². The van der Waals surface area contributed by atoms with Crippen LogP contribution in [0.25, 0.3) is 0 Å². The maximum Gasteiger partial charge on any atom is 0.223 e. The van der Waals surface area contributed by atoms with Gasteiger partial charge in [0.1, 0.15) is 18.1 Å². The molecule has 176 valence electrons. The van der Waals surface area contributed by atoms with Crippen molar-refractivity contribution in [1.82, 2.24) is 14.7 Å². The molecule has 0 aromatic heterocycles. The molecule has 7 heteroatoms. The number of nitrogens with zero attached hydrogens (tertiary/aromatic N) is 3. The molecule has 2 aromatic carbocycles. The molecule has 0 bridgehead atoms. The Morgan fingerprint density at radius 2 is 1.79 bits per heavy atom. The Balaban J connectivity index is 1.36. The molecule has 1 fully saturated rings. The van der Waals surface area contributed by atoms with Crippen molar-refractivity contribution in [1.29, 1.82) is 0 Å². The Morgan fingerprint density at radius 3 is 2.55 bits per heavy atom. The van der Waals surface area contributed by atoms with Crippen LogP contribution >= 0.6 is 0 Å². The van der Waals surface area contributed by atoms with E-state index in [9.17, 15) is 9.59 Å². The summed E-state index contributed by atoms with van der Waals surface area (Å²) in [5.74, 6) is 1.96. The molecule has 0 unspecified atom stereocenters. The van der Waals surface area contributed by atoms with Gasteiger partial charge in [0.2, 0.25) is 11.8 Å². The topological polar surface area (TPSA) is 62.3 Å². The van der Waals surface area contributed by atoms with Crippen LogP contribution in [0.4, 0.5) is 0 Å². The summed E-state index contributed by atoms with van der Waals surface area (Å²) in [4.78, 5) is 30.7. The average molecular weight is 452 g/mol. The van der Waals surface area contributed by atoms with Crippen molar-refractivity contribution in [2.45, 2.75) is 32.9 Å². The van der Waals surface area contributed by atoms with Gasteiger partial charge in [-0.2, -0.15) is 0 Å². The van der Waals surface area contributed by atoms with Gasteiger partial charge >= 0.3 is 0 Å². The fourth-order valence-corrected chi connectivity index (χ4v) is 4.48. The molecule has 7 nitrogen and oxygen atoms in total. The molecule has 1 saturated heterocycles.